The zero-order valence-corrected chi connectivity index (χ0v) is 17.1. The number of hydrogen-bond acceptors (Lipinski definition) is 5. The van der Waals surface area contributed by atoms with Gasteiger partial charge in [0.15, 0.2) is 11.5 Å². The van der Waals surface area contributed by atoms with Crippen molar-refractivity contribution in [3.8, 4) is 11.4 Å². The Kier molecular flexibility index (Phi) is 4.02. The molecule has 5 aromatic rings. The summed E-state index contributed by atoms with van der Waals surface area (Å²) >= 11 is 1.75. The molecular weight excluding hydrogens is 394 g/mol. The van der Waals surface area contributed by atoms with Crippen LogP contribution in [-0.4, -0.2) is 24.1 Å². The predicted octanol–water partition coefficient (Wildman–Crippen LogP) is 4.09. The zero-order chi connectivity index (χ0) is 20.1. The molecule has 148 valence electrons. The van der Waals surface area contributed by atoms with Crippen molar-refractivity contribution in [2.75, 3.05) is 0 Å². The SMILES string of the molecule is O=c1n(Cc2ccccc2)c2sc3c(c2c2nc(-c4ccncc4)nn12)CCCC3. The monoisotopic (exact) mass is 413 g/mol. The van der Waals surface area contributed by atoms with Gasteiger partial charge >= 0.3 is 5.69 Å². The van der Waals surface area contributed by atoms with Gasteiger partial charge in [0.25, 0.3) is 0 Å². The van der Waals surface area contributed by atoms with Gasteiger partial charge in [-0.3, -0.25) is 9.55 Å². The number of aromatic nitrogens is 5. The van der Waals surface area contributed by atoms with Crippen molar-refractivity contribution in [1.29, 1.82) is 0 Å². The second kappa shape index (κ2) is 6.88. The average molecular weight is 414 g/mol. The van der Waals surface area contributed by atoms with Gasteiger partial charge in [-0.2, -0.15) is 4.52 Å². The van der Waals surface area contributed by atoms with Crippen LogP contribution in [0.1, 0.15) is 28.8 Å². The molecule has 6 rings (SSSR count). The van der Waals surface area contributed by atoms with E-state index >= 15 is 0 Å². The Morgan fingerprint density at radius 1 is 1.00 bits per heavy atom. The van der Waals surface area contributed by atoms with Crippen molar-refractivity contribution in [3.63, 3.8) is 0 Å². The van der Waals surface area contributed by atoms with Crippen molar-refractivity contribution in [2.24, 2.45) is 0 Å². The maximum absolute atomic E-state index is 13.5. The minimum atomic E-state index is -0.146. The number of thiophene rings is 1. The van der Waals surface area contributed by atoms with E-state index in [1.807, 2.05) is 34.9 Å². The highest BCUT2D eigenvalue weighted by atomic mass is 32.1. The lowest BCUT2D eigenvalue weighted by atomic mass is 9.97. The molecule has 0 saturated heterocycles. The molecule has 1 aliphatic carbocycles. The summed E-state index contributed by atoms with van der Waals surface area (Å²) < 4.78 is 3.36. The first kappa shape index (κ1) is 17.5. The molecule has 1 aromatic carbocycles. The molecule has 0 spiro atoms. The summed E-state index contributed by atoms with van der Waals surface area (Å²) in [5, 5.41) is 5.71. The molecular formula is C23H19N5OS. The van der Waals surface area contributed by atoms with Gasteiger partial charge in [-0.25, -0.2) is 9.78 Å². The van der Waals surface area contributed by atoms with Gasteiger partial charge in [0.05, 0.1) is 11.9 Å². The standard InChI is InChI=1S/C23H19N5OS/c29-23-27(14-15-6-2-1-3-7-15)22-19(17-8-4-5-9-18(17)30-22)21-25-20(26-28(21)23)16-10-12-24-13-11-16/h1-3,6-7,10-13H,4-5,8-9,14H2. The van der Waals surface area contributed by atoms with E-state index in [4.69, 9.17) is 4.98 Å². The lowest BCUT2D eigenvalue weighted by Crippen LogP contribution is -2.28. The van der Waals surface area contributed by atoms with Gasteiger partial charge in [0, 0.05) is 22.8 Å². The van der Waals surface area contributed by atoms with Crippen LogP contribution in [-0.2, 0) is 19.4 Å². The smallest absolute Gasteiger partial charge is 0.278 e. The van der Waals surface area contributed by atoms with E-state index < -0.39 is 0 Å². The lowest BCUT2D eigenvalue weighted by Gasteiger charge is -2.11. The molecule has 0 atom stereocenters. The Hall–Kier alpha value is -3.32. The average Bonchev–Trinajstić information content (AvgIpc) is 3.40. The molecule has 30 heavy (non-hydrogen) atoms. The lowest BCUT2D eigenvalue weighted by molar-refractivity contribution is 0.698. The number of hydrogen-bond donors (Lipinski definition) is 0. The summed E-state index contributed by atoms with van der Waals surface area (Å²) in [5.74, 6) is 0.559. The van der Waals surface area contributed by atoms with Crippen molar-refractivity contribution in [1.82, 2.24) is 24.1 Å². The molecule has 0 saturated carbocycles. The van der Waals surface area contributed by atoms with Gasteiger partial charge < -0.3 is 0 Å². The fraction of sp³-hybridized carbons (Fsp3) is 0.217. The van der Waals surface area contributed by atoms with Crippen molar-refractivity contribution in [2.45, 2.75) is 32.2 Å². The van der Waals surface area contributed by atoms with Crippen molar-refractivity contribution in [3.05, 3.63) is 81.3 Å². The van der Waals surface area contributed by atoms with E-state index in [-0.39, 0.29) is 5.69 Å². The number of nitrogens with zero attached hydrogens (tertiary/aromatic N) is 5. The number of fused-ring (bicyclic) bond motifs is 5. The minimum absolute atomic E-state index is 0.146. The second-order valence-electron chi connectivity index (χ2n) is 7.65. The normalized spacial score (nSPS) is 13.7. The molecule has 0 radical (unpaired) electrons. The first-order valence-electron chi connectivity index (χ1n) is 10.2. The molecule has 6 nitrogen and oxygen atoms in total. The van der Waals surface area contributed by atoms with Crippen molar-refractivity contribution >= 4 is 27.2 Å². The van der Waals surface area contributed by atoms with Gasteiger partial charge in [0.1, 0.15) is 4.83 Å². The Morgan fingerprint density at radius 2 is 1.80 bits per heavy atom. The van der Waals surface area contributed by atoms with E-state index in [9.17, 15) is 4.79 Å². The Labute approximate surface area is 176 Å². The van der Waals surface area contributed by atoms with Crippen LogP contribution in [0.15, 0.2) is 59.7 Å². The number of benzene rings is 1. The summed E-state index contributed by atoms with van der Waals surface area (Å²) in [7, 11) is 0. The van der Waals surface area contributed by atoms with Gasteiger partial charge in [-0.05, 0) is 48.9 Å². The molecule has 0 bridgehead atoms. The van der Waals surface area contributed by atoms with E-state index in [1.54, 1.807) is 23.7 Å². The molecule has 4 heterocycles. The predicted molar refractivity (Wildman–Crippen MR) is 118 cm³/mol. The van der Waals surface area contributed by atoms with Crippen LogP contribution >= 0.6 is 11.3 Å². The van der Waals surface area contributed by atoms with Gasteiger partial charge in [-0.15, -0.1) is 16.4 Å². The highest BCUT2D eigenvalue weighted by Gasteiger charge is 2.24. The quantitative estimate of drug-likeness (QED) is 0.447. The van der Waals surface area contributed by atoms with Crippen LogP contribution in [0.3, 0.4) is 0 Å². The second-order valence-corrected chi connectivity index (χ2v) is 8.74. The molecule has 4 aromatic heterocycles. The Bertz CT molecular complexity index is 1430. The maximum Gasteiger partial charge on any atom is 0.352 e. The third-order valence-electron chi connectivity index (χ3n) is 5.76. The highest BCUT2D eigenvalue weighted by Crippen LogP contribution is 2.38. The number of rotatable bonds is 3. The molecule has 0 N–H and O–H groups in total. The molecule has 0 aliphatic heterocycles. The van der Waals surface area contributed by atoms with E-state index in [1.165, 1.54) is 27.8 Å². The molecule has 1 aliphatic rings. The number of aryl methyl sites for hydroxylation is 2. The summed E-state index contributed by atoms with van der Waals surface area (Å²) in [4.78, 5) is 24.8. The molecule has 0 unspecified atom stereocenters. The van der Waals surface area contributed by atoms with Crippen molar-refractivity contribution < 1.29 is 0 Å². The highest BCUT2D eigenvalue weighted by molar-refractivity contribution is 7.19. The topological polar surface area (TPSA) is 65.1 Å². The molecule has 0 fully saturated rings. The first-order valence-corrected chi connectivity index (χ1v) is 11.0. The maximum atomic E-state index is 13.5. The third-order valence-corrected chi connectivity index (χ3v) is 7.08. The van der Waals surface area contributed by atoms with E-state index in [0.717, 1.165) is 34.2 Å². The summed E-state index contributed by atoms with van der Waals surface area (Å²) in [5.41, 5.74) is 3.83. The first-order chi connectivity index (χ1) is 14.8. The molecule has 0 amide bonds. The van der Waals surface area contributed by atoms with Crippen LogP contribution in [0.4, 0.5) is 0 Å². The van der Waals surface area contributed by atoms with Crippen LogP contribution in [0.2, 0.25) is 0 Å². The van der Waals surface area contributed by atoms with Gasteiger partial charge in [0.2, 0.25) is 0 Å². The van der Waals surface area contributed by atoms with E-state index in [0.29, 0.717) is 18.0 Å². The molecule has 7 heteroatoms. The third kappa shape index (κ3) is 2.69. The van der Waals surface area contributed by atoms with E-state index in [2.05, 4.69) is 22.2 Å². The van der Waals surface area contributed by atoms with Gasteiger partial charge in [-0.1, -0.05) is 30.3 Å². The largest absolute Gasteiger partial charge is 0.352 e. The van der Waals surface area contributed by atoms with Crippen LogP contribution in [0.25, 0.3) is 27.3 Å². The fourth-order valence-corrected chi connectivity index (χ4v) is 5.69. The Balaban J connectivity index is 1.67. The zero-order valence-electron chi connectivity index (χ0n) is 16.3. The Morgan fingerprint density at radius 3 is 2.63 bits per heavy atom. The minimum Gasteiger partial charge on any atom is -0.278 e. The summed E-state index contributed by atoms with van der Waals surface area (Å²) in [6, 6.07) is 13.9. The van der Waals surface area contributed by atoms with Crippen LogP contribution in [0, 0.1) is 0 Å². The van der Waals surface area contributed by atoms with Crippen LogP contribution in [0.5, 0.6) is 0 Å². The number of pyridine rings is 1. The summed E-state index contributed by atoms with van der Waals surface area (Å²) in [6.45, 7) is 0.524. The van der Waals surface area contributed by atoms with Crippen LogP contribution < -0.4 is 5.69 Å². The summed E-state index contributed by atoms with van der Waals surface area (Å²) in [6.07, 6.45) is 7.92. The fourth-order valence-electron chi connectivity index (χ4n) is 4.31.